The first-order valence-corrected chi connectivity index (χ1v) is 8.85. The van der Waals surface area contributed by atoms with Gasteiger partial charge in [0, 0.05) is 6.54 Å². The van der Waals surface area contributed by atoms with Crippen molar-refractivity contribution in [1.82, 2.24) is 15.5 Å². The van der Waals surface area contributed by atoms with E-state index in [1.807, 2.05) is 18.2 Å². The predicted molar refractivity (Wildman–Crippen MR) is 101 cm³/mol. The molecule has 0 saturated carbocycles. The molecule has 0 spiro atoms. The van der Waals surface area contributed by atoms with E-state index in [4.69, 9.17) is 8.94 Å². The van der Waals surface area contributed by atoms with Crippen molar-refractivity contribution < 1.29 is 13.7 Å². The second kappa shape index (κ2) is 7.45. The minimum Gasteiger partial charge on any atom is -0.463 e. The Labute approximate surface area is 156 Å². The summed E-state index contributed by atoms with van der Waals surface area (Å²) in [7, 11) is 0. The molecular formula is C21H19N3O3. The molecule has 0 bridgehead atoms. The van der Waals surface area contributed by atoms with Crippen molar-refractivity contribution in [2.75, 3.05) is 6.54 Å². The summed E-state index contributed by atoms with van der Waals surface area (Å²) in [4.78, 5) is 17.2. The molecule has 3 aromatic heterocycles. The van der Waals surface area contributed by atoms with E-state index in [2.05, 4.69) is 27.6 Å². The molecule has 27 heavy (non-hydrogen) atoms. The Kier molecular flexibility index (Phi) is 4.70. The number of nitrogens with zero attached hydrogens (tertiary/aromatic N) is 2. The molecule has 0 saturated heterocycles. The zero-order chi connectivity index (χ0) is 18.6. The molecule has 0 aliphatic heterocycles. The second-order valence-electron chi connectivity index (χ2n) is 6.33. The van der Waals surface area contributed by atoms with E-state index in [0.29, 0.717) is 40.4 Å². The van der Waals surface area contributed by atoms with Crippen molar-refractivity contribution in [1.29, 1.82) is 0 Å². The summed E-state index contributed by atoms with van der Waals surface area (Å²) in [5.74, 6) is 0.402. The van der Waals surface area contributed by atoms with E-state index < -0.39 is 0 Å². The molecule has 1 aromatic carbocycles. The zero-order valence-corrected chi connectivity index (χ0v) is 14.9. The van der Waals surface area contributed by atoms with E-state index in [-0.39, 0.29) is 5.91 Å². The van der Waals surface area contributed by atoms with Crippen molar-refractivity contribution >= 4 is 17.0 Å². The molecule has 4 rings (SSSR count). The molecule has 136 valence electrons. The molecule has 3 heterocycles. The molecule has 1 N–H and O–H groups in total. The fraction of sp³-hybridized carbons (Fsp3) is 0.190. The number of carbonyl (C=O) groups excluding carboxylic acids is 1. The lowest BCUT2D eigenvalue weighted by molar-refractivity contribution is 0.0954. The van der Waals surface area contributed by atoms with Crippen LogP contribution in [0.4, 0.5) is 0 Å². The number of hydrogen-bond donors (Lipinski definition) is 1. The highest BCUT2D eigenvalue weighted by Crippen LogP contribution is 2.27. The summed E-state index contributed by atoms with van der Waals surface area (Å²) in [6, 6.07) is 15.5. The number of aromatic nitrogens is 2. The third-order valence-corrected chi connectivity index (χ3v) is 4.41. The molecule has 0 radical (unpaired) electrons. The number of pyridine rings is 1. The van der Waals surface area contributed by atoms with Gasteiger partial charge in [-0.2, -0.15) is 0 Å². The second-order valence-corrected chi connectivity index (χ2v) is 6.33. The fourth-order valence-electron chi connectivity index (χ4n) is 3.06. The maximum Gasteiger partial charge on any atom is 0.259 e. The van der Waals surface area contributed by atoms with Crippen LogP contribution in [0.2, 0.25) is 0 Å². The van der Waals surface area contributed by atoms with Crippen LogP contribution >= 0.6 is 0 Å². The monoisotopic (exact) mass is 361 g/mol. The lowest BCUT2D eigenvalue weighted by Crippen LogP contribution is -2.25. The number of carbonyl (C=O) groups is 1. The smallest absolute Gasteiger partial charge is 0.259 e. The van der Waals surface area contributed by atoms with Crippen molar-refractivity contribution in [3.8, 4) is 11.5 Å². The van der Waals surface area contributed by atoms with Gasteiger partial charge < -0.3 is 14.3 Å². The molecule has 6 heteroatoms. The van der Waals surface area contributed by atoms with E-state index in [1.165, 1.54) is 5.56 Å². The van der Waals surface area contributed by atoms with Gasteiger partial charge in [0.15, 0.2) is 5.76 Å². The van der Waals surface area contributed by atoms with Gasteiger partial charge in [-0.3, -0.25) is 4.79 Å². The van der Waals surface area contributed by atoms with Crippen LogP contribution in [0.5, 0.6) is 0 Å². The van der Waals surface area contributed by atoms with Gasteiger partial charge in [0.1, 0.15) is 5.69 Å². The first-order chi connectivity index (χ1) is 13.2. The van der Waals surface area contributed by atoms with Crippen molar-refractivity contribution in [2.24, 2.45) is 0 Å². The molecule has 0 fully saturated rings. The van der Waals surface area contributed by atoms with Crippen LogP contribution < -0.4 is 5.32 Å². The Morgan fingerprint density at radius 3 is 2.78 bits per heavy atom. The molecule has 1 amide bonds. The highest BCUT2D eigenvalue weighted by atomic mass is 16.5. The number of amides is 1. The summed E-state index contributed by atoms with van der Waals surface area (Å²) in [6.07, 6.45) is 3.34. The third-order valence-electron chi connectivity index (χ3n) is 4.41. The minimum absolute atomic E-state index is 0.172. The SMILES string of the molecule is Cc1noc2nc(-c3ccco3)cc(C(=O)NCCCc3ccccc3)c12. The Morgan fingerprint density at radius 1 is 1.15 bits per heavy atom. The van der Waals surface area contributed by atoms with E-state index in [9.17, 15) is 4.79 Å². The number of aryl methyl sites for hydroxylation is 2. The van der Waals surface area contributed by atoms with Gasteiger partial charge in [-0.05, 0) is 43.5 Å². The Morgan fingerprint density at radius 2 is 2.00 bits per heavy atom. The van der Waals surface area contributed by atoms with Crippen LogP contribution in [0.1, 0.15) is 28.0 Å². The summed E-state index contributed by atoms with van der Waals surface area (Å²) in [6.45, 7) is 2.38. The topological polar surface area (TPSA) is 81.2 Å². The van der Waals surface area contributed by atoms with Gasteiger partial charge >= 0.3 is 0 Å². The summed E-state index contributed by atoms with van der Waals surface area (Å²) in [5, 5.41) is 7.56. The third kappa shape index (κ3) is 3.60. The van der Waals surface area contributed by atoms with Gasteiger partial charge in [0.2, 0.25) is 0 Å². The van der Waals surface area contributed by atoms with Gasteiger partial charge in [0.25, 0.3) is 11.6 Å². The molecule has 0 aliphatic carbocycles. The average Bonchev–Trinajstić information content (AvgIpc) is 3.36. The first kappa shape index (κ1) is 17.0. The first-order valence-electron chi connectivity index (χ1n) is 8.85. The van der Waals surface area contributed by atoms with Gasteiger partial charge in [-0.25, -0.2) is 4.98 Å². The summed E-state index contributed by atoms with van der Waals surface area (Å²) in [5.41, 5.74) is 3.25. The highest BCUT2D eigenvalue weighted by molar-refractivity contribution is 6.06. The predicted octanol–water partition coefficient (Wildman–Crippen LogP) is 4.15. The fourth-order valence-corrected chi connectivity index (χ4v) is 3.06. The van der Waals surface area contributed by atoms with E-state index in [0.717, 1.165) is 12.8 Å². The van der Waals surface area contributed by atoms with Crippen molar-refractivity contribution in [2.45, 2.75) is 19.8 Å². The van der Waals surface area contributed by atoms with Crippen molar-refractivity contribution in [3.63, 3.8) is 0 Å². The Balaban J connectivity index is 1.53. The molecular weight excluding hydrogens is 342 g/mol. The Hall–Kier alpha value is -3.41. The standard InChI is InChI=1S/C21H19N3O3/c1-14-19-16(20(25)22-11-5-9-15-7-3-2-4-8-15)13-17(18-10-6-12-26-18)23-21(19)27-24-14/h2-4,6-8,10,12-13H,5,9,11H2,1H3,(H,22,25). The summed E-state index contributed by atoms with van der Waals surface area (Å²) < 4.78 is 10.7. The van der Waals surface area contributed by atoms with Crippen LogP contribution in [0.3, 0.4) is 0 Å². The number of rotatable bonds is 6. The number of hydrogen-bond acceptors (Lipinski definition) is 5. The van der Waals surface area contributed by atoms with Gasteiger partial charge in [-0.15, -0.1) is 0 Å². The molecule has 4 aromatic rings. The number of benzene rings is 1. The molecule has 0 atom stereocenters. The van der Waals surface area contributed by atoms with E-state index >= 15 is 0 Å². The Bertz CT molecular complexity index is 1050. The lowest BCUT2D eigenvalue weighted by atomic mass is 10.1. The van der Waals surface area contributed by atoms with Gasteiger partial charge in [0.05, 0.1) is 22.9 Å². The van der Waals surface area contributed by atoms with Crippen LogP contribution in [-0.2, 0) is 6.42 Å². The number of nitrogens with one attached hydrogen (secondary N) is 1. The van der Waals surface area contributed by atoms with E-state index in [1.54, 1.807) is 31.4 Å². The maximum absolute atomic E-state index is 12.8. The zero-order valence-electron chi connectivity index (χ0n) is 14.9. The highest BCUT2D eigenvalue weighted by Gasteiger charge is 2.19. The molecule has 0 aliphatic rings. The number of fused-ring (bicyclic) bond motifs is 1. The largest absolute Gasteiger partial charge is 0.463 e. The maximum atomic E-state index is 12.8. The average molecular weight is 361 g/mol. The normalized spacial score (nSPS) is 11.0. The van der Waals surface area contributed by atoms with Crippen LogP contribution in [-0.4, -0.2) is 22.6 Å². The van der Waals surface area contributed by atoms with Gasteiger partial charge in [-0.1, -0.05) is 35.5 Å². The van der Waals surface area contributed by atoms with Crippen LogP contribution in [0.15, 0.2) is 63.7 Å². The summed E-state index contributed by atoms with van der Waals surface area (Å²) >= 11 is 0. The van der Waals surface area contributed by atoms with Crippen molar-refractivity contribution in [3.05, 3.63) is 71.6 Å². The molecule has 6 nitrogen and oxygen atoms in total. The minimum atomic E-state index is -0.172. The van der Waals surface area contributed by atoms with Crippen LogP contribution in [0.25, 0.3) is 22.6 Å². The lowest BCUT2D eigenvalue weighted by Gasteiger charge is -2.07. The quantitative estimate of drug-likeness (QED) is 0.522. The number of furan rings is 1. The van der Waals surface area contributed by atoms with Crippen LogP contribution in [0, 0.1) is 6.92 Å². The molecule has 0 unspecified atom stereocenters.